The van der Waals surface area contributed by atoms with Crippen LogP contribution in [0.15, 0.2) is 0 Å². The first-order valence-electron chi connectivity index (χ1n) is 3.69. The first kappa shape index (κ1) is 8.24. The lowest BCUT2D eigenvalue weighted by molar-refractivity contribution is -0.175. The third-order valence-electron chi connectivity index (χ3n) is 1.92. The zero-order valence-corrected chi connectivity index (χ0v) is 7.01. The maximum atomic E-state index is 11.2. The second-order valence-electron chi connectivity index (χ2n) is 3.46. The molecular weight excluding hydrogens is 144 g/mol. The van der Waals surface area contributed by atoms with Crippen LogP contribution < -0.4 is 0 Å². The lowest BCUT2D eigenvalue weighted by Crippen LogP contribution is -2.45. The maximum absolute atomic E-state index is 11.2. The van der Waals surface area contributed by atoms with Gasteiger partial charge in [0.1, 0.15) is 0 Å². The van der Waals surface area contributed by atoms with E-state index < -0.39 is 5.60 Å². The van der Waals surface area contributed by atoms with Crippen molar-refractivity contribution >= 4 is 11.8 Å². The number of hydrogen-bond acceptors (Lipinski definition) is 3. The van der Waals surface area contributed by atoms with E-state index in [1.165, 1.54) is 0 Å². The minimum Gasteiger partial charge on any atom is -0.451 e. The van der Waals surface area contributed by atoms with E-state index in [0.717, 1.165) is 0 Å². The van der Waals surface area contributed by atoms with E-state index in [4.69, 9.17) is 4.74 Å². The third kappa shape index (κ3) is 1.42. The molecule has 1 fully saturated rings. The van der Waals surface area contributed by atoms with Crippen LogP contribution in [0.3, 0.4) is 0 Å². The highest BCUT2D eigenvalue weighted by molar-refractivity contribution is 5.95. The summed E-state index contributed by atoms with van der Waals surface area (Å²) in [5.41, 5.74) is -0.899. The van der Waals surface area contributed by atoms with Crippen LogP contribution in [0, 0.1) is 5.92 Å². The van der Waals surface area contributed by atoms with Gasteiger partial charge in [0.25, 0.3) is 0 Å². The van der Waals surface area contributed by atoms with E-state index in [1.54, 1.807) is 20.8 Å². The Balaban J connectivity index is 2.79. The normalized spacial score (nSPS) is 29.9. The summed E-state index contributed by atoms with van der Waals surface area (Å²) in [4.78, 5) is 22.2. The van der Waals surface area contributed by atoms with Crippen molar-refractivity contribution in [1.29, 1.82) is 0 Å². The highest BCUT2D eigenvalue weighted by Gasteiger charge is 2.39. The maximum Gasteiger partial charge on any atom is 0.310 e. The Hall–Kier alpha value is -0.860. The molecule has 62 valence electrons. The van der Waals surface area contributed by atoms with Gasteiger partial charge in [-0.25, -0.2) is 0 Å². The molecule has 0 aromatic rings. The van der Waals surface area contributed by atoms with Crippen LogP contribution in [0.1, 0.15) is 27.2 Å². The van der Waals surface area contributed by atoms with Gasteiger partial charge < -0.3 is 4.74 Å². The number of hydrogen-bond donors (Lipinski definition) is 0. The molecule has 0 bridgehead atoms. The predicted octanol–water partition coefficient (Wildman–Crippen LogP) is 0.917. The Morgan fingerprint density at radius 1 is 1.45 bits per heavy atom. The van der Waals surface area contributed by atoms with Crippen molar-refractivity contribution in [3.63, 3.8) is 0 Å². The molecule has 0 aromatic heterocycles. The average molecular weight is 156 g/mol. The Kier molecular flexibility index (Phi) is 1.74. The SMILES string of the molecule is CC1CC(=O)C(C)(C)OC1=O. The van der Waals surface area contributed by atoms with E-state index >= 15 is 0 Å². The first-order chi connectivity index (χ1) is 4.93. The van der Waals surface area contributed by atoms with Gasteiger partial charge in [0.05, 0.1) is 5.92 Å². The van der Waals surface area contributed by atoms with Crippen molar-refractivity contribution in [2.75, 3.05) is 0 Å². The standard InChI is InChI=1S/C8H12O3/c1-5-4-6(9)8(2,3)11-7(5)10/h5H,4H2,1-3H3. The summed E-state index contributed by atoms with van der Waals surface area (Å²) in [7, 11) is 0. The summed E-state index contributed by atoms with van der Waals surface area (Å²) in [5.74, 6) is -0.533. The Morgan fingerprint density at radius 3 is 2.45 bits per heavy atom. The largest absolute Gasteiger partial charge is 0.451 e. The number of carbonyl (C=O) groups excluding carboxylic acids is 2. The zero-order chi connectivity index (χ0) is 8.65. The molecule has 0 aromatic carbocycles. The second kappa shape index (κ2) is 2.32. The number of ether oxygens (including phenoxy) is 1. The molecule has 11 heavy (non-hydrogen) atoms. The molecule has 1 unspecified atom stereocenters. The third-order valence-corrected chi connectivity index (χ3v) is 1.92. The minimum atomic E-state index is -0.899. The van der Waals surface area contributed by atoms with E-state index in [2.05, 4.69) is 0 Å². The number of carbonyl (C=O) groups is 2. The number of ketones is 1. The van der Waals surface area contributed by atoms with Gasteiger partial charge in [-0.05, 0) is 13.8 Å². The summed E-state index contributed by atoms with van der Waals surface area (Å²) in [6.07, 6.45) is 0.311. The van der Waals surface area contributed by atoms with Crippen LogP contribution in [0.2, 0.25) is 0 Å². The van der Waals surface area contributed by atoms with Gasteiger partial charge >= 0.3 is 5.97 Å². The number of esters is 1. The van der Waals surface area contributed by atoms with Crippen molar-refractivity contribution in [3.05, 3.63) is 0 Å². The van der Waals surface area contributed by atoms with Crippen molar-refractivity contribution in [1.82, 2.24) is 0 Å². The Bertz CT molecular complexity index is 205. The summed E-state index contributed by atoms with van der Waals surface area (Å²) < 4.78 is 4.91. The lowest BCUT2D eigenvalue weighted by atomic mass is 9.91. The summed E-state index contributed by atoms with van der Waals surface area (Å²) in [5, 5.41) is 0. The Labute approximate surface area is 65.7 Å². The summed E-state index contributed by atoms with van der Waals surface area (Å²) >= 11 is 0. The van der Waals surface area contributed by atoms with Crippen LogP contribution in [0.4, 0.5) is 0 Å². The quantitative estimate of drug-likeness (QED) is 0.490. The molecule has 0 spiro atoms. The second-order valence-corrected chi connectivity index (χ2v) is 3.46. The van der Waals surface area contributed by atoms with E-state index in [1.807, 2.05) is 0 Å². The molecule has 3 heteroatoms. The highest BCUT2D eigenvalue weighted by Crippen LogP contribution is 2.24. The van der Waals surface area contributed by atoms with Gasteiger partial charge in [-0.3, -0.25) is 9.59 Å². The van der Waals surface area contributed by atoms with Crippen molar-refractivity contribution in [2.45, 2.75) is 32.8 Å². The Morgan fingerprint density at radius 2 is 2.00 bits per heavy atom. The molecular formula is C8H12O3. The smallest absolute Gasteiger partial charge is 0.310 e. The first-order valence-corrected chi connectivity index (χ1v) is 3.69. The molecule has 1 atom stereocenters. The van der Waals surface area contributed by atoms with Crippen LogP contribution >= 0.6 is 0 Å². The molecule has 1 saturated heterocycles. The predicted molar refractivity (Wildman–Crippen MR) is 39.0 cm³/mol. The zero-order valence-electron chi connectivity index (χ0n) is 7.01. The number of Topliss-reactive ketones (excluding diaryl/α,β-unsaturated/α-hetero) is 1. The van der Waals surface area contributed by atoms with Crippen LogP contribution in [-0.2, 0) is 14.3 Å². The van der Waals surface area contributed by atoms with E-state index in [0.29, 0.717) is 6.42 Å². The molecule has 0 radical (unpaired) electrons. The molecule has 1 aliphatic heterocycles. The fraction of sp³-hybridized carbons (Fsp3) is 0.750. The molecule has 0 saturated carbocycles. The van der Waals surface area contributed by atoms with E-state index in [-0.39, 0.29) is 17.7 Å². The number of cyclic esters (lactones) is 1. The monoisotopic (exact) mass is 156 g/mol. The summed E-state index contributed by atoms with van der Waals surface area (Å²) in [6, 6.07) is 0. The molecule has 0 N–H and O–H groups in total. The van der Waals surface area contributed by atoms with Gasteiger partial charge in [-0.15, -0.1) is 0 Å². The highest BCUT2D eigenvalue weighted by atomic mass is 16.6. The van der Waals surface area contributed by atoms with Crippen molar-refractivity contribution < 1.29 is 14.3 Å². The molecule has 0 aliphatic carbocycles. The fourth-order valence-corrected chi connectivity index (χ4v) is 1.02. The number of rotatable bonds is 0. The van der Waals surface area contributed by atoms with Gasteiger partial charge in [0.15, 0.2) is 11.4 Å². The topological polar surface area (TPSA) is 43.4 Å². The minimum absolute atomic E-state index is 0.00426. The van der Waals surface area contributed by atoms with Crippen molar-refractivity contribution in [3.8, 4) is 0 Å². The van der Waals surface area contributed by atoms with Crippen molar-refractivity contribution in [2.24, 2.45) is 5.92 Å². The van der Waals surface area contributed by atoms with Crippen LogP contribution in [0.25, 0.3) is 0 Å². The molecule has 1 heterocycles. The average Bonchev–Trinajstić information content (AvgIpc) is 1.83. The lowest BCUT2D eigenvalue weighted by Gasteiger charge is -2.30. The molecule has 0 amide bonds. The molecule has 1 aliphatic rings. The van der Waals surface area contributed by atoms with Gasteiger partial charge in [-0.2, -0.15) is 0 Å². The fourth-order valence-electron chi connectivity index (χ4n) is 1.02. The molecule has 3 nitrogen and oxygen atoms in total. The van der Waals surface area contributed by atoms with Crippen LogP contribution in [-0.4, -0.2) is 17.4 Å². The van der Waals surface area contributed by atoms with Gasteiger partial charge in [0, 0.05) is 6.42 Å². The van der Waals surface area contributed by atoms with E-state index in [9.17, 15) is 9.59 Å². The van der Waals surface area contributed by atoms with Gasteiger partial charge in [-0.1, -0.05) is 6.92 Å². The van der Waals surface area contributed by atoms with Gasteiger partial charge in [0.2, 0.25) is 0 Å². The summed E-state index contributed by atoms with van der Waals surface area (Å²) in [6.45, 7) is 4.95. The van der Waals surface area contributed by atoms with Crippen LogP contribution in [0.5, 0.6) is 0 Å². The molecule has 1 rings (SSSR count).